The largest absolute Gasteiger partial charge is 0.465 e. The zero-order chi connectivity index (χ0) is 20.5. The van der Waals surface area contributed by atoms with E-state index in [1.165, 1.54) is 25.3 Å². The van der Waals surface area contributed by atoms with Crippen molar-refractivity contribution in [1.82, 2.24) is 9.88 Å². The molecule has 0 fully saturated rings. The summed E-state index contributed by atoms with van der Waals surface area (Å²) in [5.74, 6) is -0.973. The van der Waals surface area contributed by atoms with Crippen LogP contribution in [0.3, 0.4) is 0 Å². The van der Waals surface area contributed by atoms with Crippen molar-refractivity contribution in [2.75, 3.05) is 13.7 Å². The number of aromatic amines is 1. The van der Waals surface area contributed by atoms with Gasteiger partial charge >= 0.3 is 12.6 Å². The summed E-state index contributed by atoms with van der Waals surface area (Å²) in [7, 11) is 1.32. The van der Waals surface area contributed by atoms with Crippen LogP contribution in [-0.2, 0) is 17.7 Å². The van der Waals surface area contributed by atoms with Crippen molar-refractivity contribution in [3.63, 3.8) is 0 Å². The van der Waals surface area contributed by atoms with Crippen LogP contribution < -0.4 is 4.74 Å². The average molecular weight is 400 g/mol. The number of ether oxygens (including phenoxy) is 2. The number of carbonyl (C=O) groups excluding carboxylic acids is 2. The number of nitrogens with zero attached hydrogens (tertiary/aromatic N) is 1. The molecule has 0 unspecified atom stereocenters. The number of methoxy groups -OCH3 is 1. The van der Waals surface area contributed by atoms with Gasteiger partial charge in [0.1, 0.15) is 5.75 Å². The van der Waals surface area contributed by atoms with E-state index >= 15 is 0 Å². The SMILES string of the molecule is COC(=O)c1ccc2[nH]c3c(c2c1)CN(C(=O)c1ccccc1OC(F)F)CC3. The molecule has 6 nitrogen and oxygen atoms in total. The Hall–Kier alpha value is -3.42. The van der Waals surface area contributed by atoms with Crippen molar-refractivity contribution in [2.45, 2.75) is 19.6 Å². The summed E-state index contributed by atoms with van der Waals surface area (Å²) in [6, 6.07) is 11.2. The highest BCUT2D eigenvalue weighted by Crippen LogP contribution is 2.31. The van der Waals surface area contributed by atoms with Gasteiger partial charge in [-0.1, -0.05) is 12.1 Å². The molecule has 0 saturated carbocycles. The van der Waals surface area contributed by atoms with Crippen LogP contribution in [0.15, 0.2) is 42.5 Å². The molecule has 1 N–H and O–H groups in total. The molecule has 0 aliphatic carbocycles. The van der Waals surface area contributed by atoms with Crippen molar-refractivity contribution < 1.29 is 27.8 Å². The van der Waals surface area contributed by atoms with Crippen LogP contribution in [0.4, 0.5) is 8.78 Å². The zero-order valence-corrected chi connectivity index (χ0v) is 15.6. The Morgan fingerprint density at radius 3 is 2.72 bits per heavy atom. The van der Waals surface area contributed by atoms with Gasteiger partial charge in [-0.25, -0.2) is 4.79 Å². The summed E-state index contributed by atoms with van der Waals surface area (Å²) in [5.41, 5.74) is 3.26. The second-order valence-corrected chi connectivity index (χ2v) is 6.69. The van der Waals surface area contributed by atoms with E-state index in [4.69, 9.17) is 4.74 Å². The second-order valence-electron chi connectivity index (χ2n) is 6.69. The first-order valence-electron chi connectivity index (χ1n) is 9.03. The highest BCUT2D eigenvalue weighted by atomic mass is 19.3. The molecule has 1 amide bonds. The zero-order valence-electron chi connectivity index (χ0n) is 15.6. The summed E-state index contributed by atoms with van der Waals surface area (Å²) in [4.78, 5) is 29.8. The maximum atomic E-state index is 13.0. The third-order valence-corrected chi connectivity index (χ3v) is 5.02. The number of hydrogen-bond donors (Lipinski definition) is 1. The third kappa shape index (κ3) is 3.53. The molecule has 8 heteroatoms. The summed E-state index contributed by atoms with van der Waals surface area (Å²) < 4.78 is 34.6. The monoisotopic (exact) mass is 400 g/mol. The maximum Gasteiger partial charge on any atom is 0.387 e. The number of carbonyl (C=O) groups is 2. The number of para-hydroxylation sites is 1. The molecule has 0 radical (unpaired) electrons. The van der Waals surface area contributed by atoms with Crippen LogP contribution >= 0.6 is 0 Å². The normalized spacial score (nSPS) is 13.4. The van der Waals surface area contributed by atoms with E-state index in [0.717, 1.165) is 22.2 Å². The number of H-pyrrole nitrogens is 1. The lowest BCUT2D eigenvalue weighted by atomic mass is 10.0. The first-order valence-corrected chi connectivity index (χ1v) is 9.03. The molecule has 0 atom stereocenters. The molecule has 2 aromatic carbocycles. The number of fused-ring (bicyclic) bond motifs is 3. The number of halogens is 2. The Balaban J connectivity index is 1.66. The first kappa shape index (κ1) is 18.9. The van der Waals surface area contributed by atoms with Crippen LogP contribution in [0, 0.1) is 0 Å². The number of esters is 1. The molecule has 1 aromatic heterocycles. The van der Waals surface area contributed by atoms with E-state index in [2.05, 4.69) is 9.72 Å². The Morgan fingerprint density at radius 2 is 1.97 bits per heavy atom. The molecule has 1 aliphatic rings. The summed E-state index contributed by atoms with van der Waals surface area (Å²) in [6.07, 6.45) is 0.585. The van der Waals surface area contributed by atoms with Crippen LogP contribution in [0.2, 0.25) is 0 Å². The van der Waals surface area contributed by atoms with Crippen molar-refractivity contribution >= 4 is 22.8 Å². The summed E-state index contributed by atoms with van der Waals surface area (Å²) >= 11 is 0. The lowest BCUT2D eigenvalue weighted by Gasteiger charge is -2.28. The molecule has 0 bridgehead atoms. The molecule has 2 heterocycles. The fraction of sp³-hybridized carbons (Fsp3) is 0.238. The van der Waals surface area contributed by atoms with Gasteiger partial charge in [-0.15, -0.1) is 0 Å². The number of aromatic nitrogens is 1. The quantitative estimate of drug-likeness (QED) is 0.677. The van der Waals surface area contributed by atoms with E-state index in [0.29, 0.717) is 25.1 Å². The molecular weight excluding hydrogens is 382 g/mol. The Morgan fingerprint density at radius 1 is 1.17 bits per heavy atom. The molecule has 0 saturated heterocycles. The van der Waals surface area contributed by atoms with Gasteiger partial charge in [0.25, 0.3) is 5.91 Å². The summed E-state index contributed by atoms with van der Waals surface area (Å²) in [6.45, 7) is -2.28. The Labute approximate surface area is 165 Å². The predicted molar refractivity (Wildman–Crippen MR) is 101 cm³/mol. The molecule has 4 rings (SSSR count). The van der Waals surface area contributed by atoms with Gasteiger partial charge in [0, 0.05) is 41.7 Å². The fourth-order valence-corrected chi connectivity index (χ4v) is 3.64. The molecule has 0 spiro atoms. The van der Waals surface area contributed by atoms with Gasteiger partial charge < -0.3 is 19.4 Å². The van der Waals surface area contributed by atoms with Crippen molar-refractivity contribution in [1.29, 1.82) is 0 Å². The van der Waals surface area contributed by atoms with Gasteiger partial charge in [-0.05, 0) is 30.3 Å². The van der Waals surface area contributed by atoms with Crippen molar-refractivity contribution in [3.05, 3.63) is 64.8 Å². The number of hydrogen-bond acceptors (Lipinski definition) is 4. The number of amides is 1. The minimum Gasteiger partial charge on any atom is -0.465 e. The number of nitrogens with one attached hydrogen (secondary N) is 1. The number of rotatable bonds is 4. The molecule has 3 aromatic rings. The highest BCUT2D eigenvalue weighted by Gasteiger charge is 2.27. The molecule has 29 heavy (non-hydrogen) atoms. The third-order valence-electron chi connectivity index (χ3n) is 5.02. The first-order chi connectivity index (χ1) is 14.0. The van der Waals surface area contributed by atoms with E-state index < -0.39 is 12.6 Å². The molecule has 1 aliphatic heterocycles. The lowest BCUT2D eigenvalue weighted by Crippen LogP contribution is -2.36. The number of alkyl halides is 2. The van der Waals surface area contributed by atoms with Crippen LogP contribution in [-0.4, -0.2) is 42.0 Å². The average Bonchev–Trinajstić information content (AvgIpc) is 3.09. The fourth-order valence-electron chi connectivity index (χ4n) is 3.64. The minimum absolute atomic E-state index is 0.0892. The smallest absolute Gasteiger partial charge is 0.387 e. The molecule has 150 valence electrons. The standard InChI is InChI=1S/C21H18F2N2O4/c1-28-20(27)12-6-7-16-14(10-12)15-11-25(9-8-17(15)24-16)19(26)13-4-2-3-5-18(13)29-21(22)23/h2-7,10,21,24H,8-9,11H2,1H3. The molecular formula is C21H18F2N2O4. The lowest BCUT2D eigenvalue weighted by molar-refractivity contribution is -0.0503. The van der Waals surface area contributed by atoms with Gasteiger partial charge in [-0.3, -0.25) is 4.79 Å². The second kappa shape index (κ2) is 7.54. The van der Waals surface area contributed by atoms with Crippen LogP contribution in [0.25, 0.3) is 10.9 Å². The Bertz CT molecular complexity index is 1090. The highest BCUT2D eigenvalue weighted by molar-refractivity contribution is 5.98. The minimum atomic E-state index is -3.01. The van der Waals surface area contributed by atoms with Crippen molar-refractivity contribution in [3.8, 4) is 5.75 Å². The van der Waals surface area contributed by atoms with Crippen molar-refractivity contribution in [2.24, 2.45) is 0 Å². The van der Waals surface area contributed by atoms with E-state index in [1.54, 1.807) is 29.2 Å². The number of benzene rings is 2. The van der Waals surface area contributed by atoms with Crippen LogP contribution in [0.1, 0.15) is 32.0 Å². The Kier molecular flexibility index (Phi) is 4.92. The van der Waals surface area contributed by atoms with E-state index in [-0.39, 0.29) is 17.2 Å². The topological polar surface area (TPSA) is 71.6 Å². The van der Waals surface area contributed by atoms with Gasteiger partial charge in [0.15, 0.2) is 0 Å². The summed E-state index contributed by atoms with van der Waals surface area (Å²) in [5, 5.41) is 0.831. The van der Waals surface area contributed by atoms with Gasteiger partial charge in [-0.2, -0.15) is 8.78 Å². The van der Waals surface area contributed by atoms with E-state index in [9.17, 15) is 18.4 Å². The van der Waals surface area contributed by atoms with Gasteiger partial charge in [0.2, 0.25) is 0 Å². The maximum absolute atomic E-state index is 13.0. The predicted octanol–water partition coefficient (Wildman–Crippen LogP) is 3.75. The van der Waals surface area contributed by atoms with E-state index in [1.807, 2.05) is 0 Å². The van der Waals surface area contributed by atoms with Gasteiger partial charge in [0.05, 0.1) is 18.2 Å². The van der Waals surface area contributed by atoms with Crippen LogP contribution in [0.5, 0.6) is 5.75 Å².